The van der Waals surface area contributed by atoms with Crippen molar-refractivity contribution in [3.8, 4) is 5.75 Å². The number of carbonyl (C=O) groups is 1. The van der Waals surface area contributed by atoms with Gasteiger partial charge in [0.15, 0.2) is 0 Å². The summed E-state index contributed by atoms with van der Waals surface area (Å²) in [6.45, 7) is 0. The molecule has 5 nitrogen and oxygen atoms in total. The van der Waals surface area contributed by atoms with Crippen LogP contribution < -0.4 is 9.75 Å². The van der Waals surface area contributed by atoms with E-state index in [1.54, 1.807) is 25.1 Å². The molecule has 0 atom stereocenters. The van der Waals surface area contributed by atoms with Crippen LogP contribution in [0, 0.1) is 0 Å². The van der Waals surface area contributed by atoms with Gasteiger partial charge in [0, 0.05) is 17.1 Å². The highest BCUT2D eigenvalue weighted by atomic mass is 32.2. The lowest BCUT2D eigenvalue weighted by Crippen LogP contribution is -2.25. The fraction of sp³-hybridized carbons (Fsp3) is 0.125. The molecule has 0 bridgehead atoms. The molecule has 0 aliphatic rings. The van der Waals surface area contributed by atoms with E-state index >= 15 is 0 Å². The third-order valence-corrected chi connectivity index (χ3v) is 6.46. The first-order chi connectivity index (χ1) is 15.2. The number of thiazole rings is 1. The minimum atomic E-state index is -0.0957. The highest BCUT2D eigenvalue weighted by molar-refractivity contribution is 7.99. The van der Waals surface area contributed by atoms with Crippen LogP contribution in [0.25, 0.3) is 10.2 Å². The Morgan fingerprint density at radius 1 is 1.10 bits per heavy atom. The lowest BCUT2D eigenvalue weighted by molar-refractivity contribution is -0.118. The average Bonchev–Trinajstić information content (AvgIpc) is 3.23. The minimum absolute atomic E-state index is 0.0957. The van der Waals surface area contributed by atoms with Gasteiger partial charge >= 0.3 is 0 Å². The molecule has 31 heavy (non-hydrogen) atoms. The van der Waals surface area contributed by atoms with Crippen LogP contribution in [0.1, 0.15) is 12.0 Å². The maximum Gasteiger partial charge on any atom is 0.250 e. The Kier molecular flexibility index (Phi) is 6.96. The molecule has 0 radical (unpaired) electrons. The van der Waals surface area contributed by atoms with Crippen molar-refractivity contribution in [3.05, 3.63) is 84.4 Å². The molecule has 4 aromatic rings. The van der Waals surface area contributed by atoms with Gasteiger partial charge in [-0.25, -0.2) is 4.98 Å². The summed E-state index contributed by atoms with van der Waals surface area (Å²) in [5.41, 5.74) is 1.73. The lowest BCUT2D eigenvalue weighted by Gasteiger charge is -2.13. The SMILES string of the molecule is COc1ccc2nc(N(/N=C/c3ccccc3)C(=O)CCSc3ccccc3)sc2c1. The van der Waals surface area contributed by atoms with E-state index < -0.39 is 0 Å². The zero-order chi connectivity index (χ0) is 21.5. The summed E-state index contributed by atoms with van der Waals surface area (Å²) in [6.07, 6.45) is 2.04. The molecule has 1 amide bonds. The highest BCUT2D eigenvalue weighted by Crippen LogP contribution is 2.32. The summed E-state index contributed by atoms with van der Waals surface area (Å²) in [7, 11) is 1.63. The Balaban J connectivity index is 1.56. The van der Waals surface area contributed by atoms with Crippen LogP contribution in [0.15, 0.2) is 88.9 Å². The smallest absolute Gasteiger partial charge is 0.250 e. The summed E-state index contributed by atoms with van der Waals surface area (Å²) >= 11 is 3.07. The molecule has 156 valence electrons. The number of thioether (sulfide) groups is 1. The summed E-state index contributed by atoms with van der Waals surface area (Å²) in [5, 5.41) is 6.45. The fourth-order valence-corrected chi connectivity index (χ4v) is 4.70. The van der Waals surface area contributed by atoms with Gasteiger partial charge in [0.25, 0.3) is 0 Å². The van der Waals surface area contributed by atoms with Crippen LogP contribution in [-0.4, -0.2) is 30.0 Å². The number of hydrogen-bond acceptors (Lipinski definition) is 6. The summed E-state index contributed by atoms with van der Waals surface area (Å²) < 4.78 is 6.25. The largest absolute Gasteiger partial charge is 0.497 e. The van der Waals surface area contributed by atoms with E-state index in [4.69, 9.17) is 4.74 Å². The lowest BCUT2D eigenvalue weighted by atomic mass is 10.2. The molecule has 0 unspecified atom stereocenters. The van der Waals surface area contributed by atoms with E-state index in [0.29, 0.717) is 17.3 Å². The van der Waals surface area contributed by atoms with Crippen molar-refractivity contribution in [2.75, 3.05) is 17.9 Å². The Morgan fingerprint density at radius 3 is 2.58 bits per heavy atom. The first-order valence-corrected chi connectivity index (χ1v) is 11.6. The van der Waals surface area contributed by atoms with Gasteiger partial charge in [-0.3, -0.25) is 4.79 Å². The van der Waals surface area contributed by atoms with Crippen molar-refractivity contribution in [1.82, 2.24) is 4.98 Å². The van der Waals surface area contributed by atoms with E-state index in [2.05, 4.69) is 10.1 Å². The van der Waals surface area contributed by atoms with Crippen molar-refractivity contribution in [3.63, 3.8) is 0 Å². The van der Waals surface area contributed by atoms with Crippen molar-refractivity contribution >= 4 is 50.6 Å². The summed E-state index contributed by atoms with van der Waals surface area (Å²) in [4.78, 5) is 18.9. The number of hydrogen-bond donors (Lipinski definition) is 0. The molecule has 7 heteroatoms. The average molecular weight is 448 g/mol. The molecule has 0 saturated carbocycles. The second-order valence-electron chi connectivity index (χ2n) is 6.60. The second kappa shape index (κ2) is 10.2. The van der Waals surface area contributed by atoms with E-state index in [9.17, 15) is 4.79 Å². The van der Waals surface area contributed by atoms with E-state index in [1.807, 2.05) is 78.9 Å². The number of carbonyl (C=O) groups excluding carboxylic acids is 1. The van der Waals surface area contributed by atoms with Crippen molar-refractivity contribution in [2.24, 2.45) is 5.10 Å². The molecule has 0 spiro atoms. The van der Waals surface area contributed by atoms with E-state index in [-0.39, 0.29) is 5.91 Å². The number of benzene rings is 3. The molecule has 1 heterocycles. The molecule has 3 aromatic carbocycles. The molecule has 0 saturated heterocycles. The number of aromatic nitrogens is 1. The molecule has 0 fully saturated rings. The van der Waals surface area contributed by atoms with Crippen LogP contribution in [0.2, 0.25) is 0 Å². The predicted octanol–water partition coefficient (Wildman–Crippen LogP) is 5.85. The van der Waals surface area contributed by atoms with Gasteiger partial charge in [0.2, 0.25) is 11.0 Å². The number of nitrogens with zero attached hydrogens (tertiary/aromatic N) is 3. The van der Waals surface area contributed by atoms with Gasteiger partial charge in [-0.05, 0) is 35.9 Å². The quantitative estimate of drug-likeness (QED) is 0.193. The zero-order valence-electron chi connectivity index (χ0n) is 17.0. The minimum Gasteiger partial charge on any atom is -0.497 e. The maximum atomic E-state index is 13.1. The van der Waals surface area contributed by atoms with Crippen molar-refractivity contribution < 1.29 is 9.53 Å². The van der Waals surface area contributed by atoms with Gasteiger partial charge < -0.3 is 4.74 Å². The van der Waals surface area contributed by atoms with Crippen molar-refractivity contribution in [2.45, 2.75) is 11.3 Å². The number of hydrazone groups is 1. The molecule has 1 aromatic heterocycles. The molecule has 4 rings (SSSR count). The number of anilines is 1. The Morgan fingerprint density at radius 2 is 1.84 bits per heavy atom. The Hall–Kier alpha value is -3.16. The van der Waals surface area contributed by atoms with Crippen LogP contribution in [0.3, 0.4) is 0 Å². The predicted molar refractivity (Wildman–Crippen MR) is 129 cm³/mol. The van der Waals surface area contributed by atoms with Gasteiger partial charge in [-0.2, -0.15) is 10.1 Å². The molecule has 0 aliphatic heterocycles. The molecule has 0 aliphatic carbocycles. The van der Waals surface area contributed by atoms with Crippen LogP contribution in [0.4, 0.5) is 5.13 Å². The zero-order valence-corrected chi connectivity index (χ0v) is 18.6. The molecular formula is C24H21N3O2S2. The number of ether oxygens (including phenoxy) is 1. The van der Waals surface area contributed by atoms with Gasteiger partial charge in [0.1, 0.15) is 5.75 Å². The number of rotatable bonds is 8. The van der Waals surface area contributed by atoms with Crippen molar-refractivity contribution in [1.29, 1.82) is 0 Å². The van der Waals surface area contributed by atoms with Gasteiger partial charge in [0.05, 0.1) is 23.5 Å². The van der Waals surface area contributed by atoms with E-state index in [1.165, 1.54) is 16.3 Å². The standard InChI is InChI=1S/C24H21N3O2S2/c1-29-19-12-13-21-22(16-19)31-24(26-21)27(25-17-18-8-4-2-5-9-18)23(28)14-15-30-20-10-6-3-7-11-20/h2-13,16-17H,14-15H2,1H3/b25-17+. The third kappa shape index (κ3) is 5.51. The Labute approximate surface area is 189 Å². The van der Waals surface area contributed by atoms with Crippen LogP contribution >= 0.6 is 23.1 Å². The van der Waals surface area contributed by atoms with Crippen LogP contribution in [-0.2, 0) is 4.79 Å². The third-order valence-electron chi connectivity index (χ3n) is 4.45. The van der Waals surface area contributed by atoms with Gasteiger partial charge in [-0.15, -0.1) is 11.8 Å². The normalized spacial score (nSPS) is 11.1. The fourth-order valence-electron chi connectivity index (χ4n) is 2.87. The number of methoxy groups -OCH3 is 1. The van der Waals surface area contributed by atoms with Gasteiger partial charge in [-0.1, -0.05) is 59.9 Å². The first kappa shape index (κ1) is 21.1. The van der Waals surface area contributed by atoms with E-state index in [0.717, 1.165) is 26.4 Å². The number of amides is 1. The summed E-state index contributed by atoms with van der Waals surface area (Å²) in [6, 6.07) is 25.5. The Bertz CT molecular complexity index is 1180. The highest BCUT2D eigenvalue weighted by Gasteiger charge is 2.19. The topological polar surface area (TPSA) is 54.8 Å². The second-order valence-corrected chi connectivity index (χ2v) is 8.78. The molecular weight excluding hydrogens is 426 g/mol. The summed E-state index contributed by atoms with van der Waals surface area (Å²) in [5.74, 6) is 1.33. The van der Waals surface area contributed by atoms with Crippen LogP contribution in [0.5, 0.6) is 5.75 Å². The first-order valence-electron chi connectivity index (χ1n) is 9.77. The number of fused-ring (bicyclic) bond motifs is 1. The molecule has 0 N–H and O–H groups in total. The maximum absolute atomic E-state index is 13.1. The monoisotopic (exact) mass is 447 g/mol.